The van der Waals surface area contributed by atoms with Gasteiger partial charge in [-0.25, -0.2) is 0 Å². The van der Waals surface area contributed by atoms with Crippen molar-refractivity contribution in [1.29, 1.82) is 0 Å². The van der Waals surface area contributed by atoms with Gasteiger partial charge in [0.2, 0.25) is 5.91 Å². The van der Waals surface area contributed by atoms with Crippen molar-refractivity contribution in [3.05, 3.63) is 28.3 Å². The van der Waals surface area contributed by atoms with E-state index >= 15 is 0 Å². The molecule has 1 heterocycles. The molecule has 0 bridgehead atoms. The van der Waals surface area contributed by atoms with Gasteiger partial charge >= 0.3 is 0 Å². The Morgan fingerprint density at radius 3 is 2.79 bits per heavy atom. The average molecular weight is 359 g/mol. The van der Waals surface area contributed by atoms with Crippen molar-refractivity contribution in [1.82, 2.24) is 4.90 Å². The number of benzene rings is 1. The Hall–Kier alpha value is -1.90. The van der Waals surface area contributed by atoms with Crippen molar-refractivity contribution in [3.63, 3.8) is 0 Å². The number of nitro groups is 1. The zero-order valence-electron chi connectivity index (χ0n) is 13.8. The first kappa shape index (κ1) is 20.1. The second kappa shape index (κ2) is 8.27. The summed E-state index contributed by atoms with van der Waals surface area (Å²) in [6.07, 6.45) is 0.970. The minimum Gasteiger partial charge on any atom is -0.494 e. The third-order valence-corrected chi connectivity index (χ3v) is 4.17. The molecule has 24 heavy (non-hydrogen) atoms. The number of nitrogens with two attached hydrogens (primary N) is 1. The van der Waals surface area contributed by atoms with Gasteiger partial charge in [-0.3, -0.25) is 19.8 Å². The number of nitro benzene ring substituents is 1. The fourth-order valence-electron chi connectivity index (χ4n) is 2.72. The Morgan fingerprint density at radius 2 is 2.25 bits per heavy atom. The maximum Gasteiger partial charge on any atom is 0.273 e. The molecule has 0 saturated carbocycles. The second-order valence-electron chi connectivity index (χ2n) is 6.17. The Bertz CT molecular complexity index is 613. The number of hydrogen-bond donors (Lipinski definition) is 2. The van der Waals surface area contributed by atoms with Crippen LogP contribution in [-0.4, -0.2) is 49.0 Å². The number of non-ortho nitro benzene ring substituents is 1. The lowest BCUT2D eigenvalue weighted by atomic mass is 9.90. The number of methoxy groups -OCH3 is 1. The molecule has 1 aromatic carbocycles. The highest BCUT2D eigenvalue weighted by Crippen LogP contribution is 2.30. The smallest absolute Gasteiger partial charge is 0.273 e. The number of nitrogens with zero attached hydrogens (tertiary/aromatic N) is 2. The number of ether oxygens (including phenoxy) is 1. The van der Waals surface area contributed by atoms with Gasteiger partial charge in [-0.05, 0) is 31.0 Å². The summed E-state index contributed by atoms with van der Waals surface area (Å²) in [6, 6.07) is 4.10. The van der Waals surface area contributed by atoms with Gasteiger partial charge in [0.15, 0.2) is 0 Å². The molecule has 1 amide bonds. The number of rotatable bonds is 6. The maximum absolute atomic E-state index is 12.2. The molecule has 1 saturated heterocycles. The minimum absolute atomic E-state index is 0. The molecule has 1 atom stereocenters. The fraction of sp³-hybridized carbons (Fsp3) is 0.533. The number of nitrogens with one attached hydrogen (secondary N) is 1. The Kier molecular flexibility index (Phi) is 6.94. The van der Waals surface area contributed by atoms with E-state index in [2.05, 4.69) is 17.1 Å². The lowest BCUT2D eigenvalue weighted by Gasteiger charge is -2.22. The Balaban J connectivity index is 0.00000288. The second-order valence-corrected chi connectivity index (χ2v) is 6.17. The van der Waals surface area contributed by atoms with Gasteiger partial charge in [0.25, 0.3) is 5.69 Å². The predicted molar refractivity (Wildman–Crippen MR) is 93.7 cm³/mol. The molecule has 1 unspecified atom stereocenters. The normalized spacial score (nSPS) is 20.3. The van der Waals surface area contributed by atoms with Crippen LogP contribution < -0.4 is 15.8 Å². The first-order valence-corrected chi connectivity index (χ1v) is 7.41. The molecule has 0 aromatic heterocycles. The number of anilines is 1. The van der Waals surface area contributed by atoms with Crippen LogP contribution in [0.5, 0.6) is 5.75 Å². The zero-order chi connectivity index (χ0) is 17.0. The van der Waals surface area contributed by atoms with Crippen LogP contribution in [0.15, 0.2) is 18.2 Å². The summed E-state index contributed by atoms with van der Waals surface area (Å²) in [7, 11) is 1.40. The van der Waals surface area contributed by atoms with Gasteiger partial charge in [-0.1, -0.05) is 6.92 Å². The van der Waals surface area contributed by atoms with Crippen LogP contribution in [0.4, 0.5) is 11.4 Å². The predicted octanol–water partition coefficient (Wildman–Crippen LogP) is 1.63. The van der Waals surface area contributed by atoms with Crippen LogP contribution >= 0.6 is 12.4 Å². The molecule has 0 aliphatic carbocycles. The molecule has 134 valence electrons. The highest BCUT2D eigenvalue weighted by Gasteiger charge is 2.33. The summed E-state index contributed by atoms with van der Waals surface area (Å²) < 4.78 is 5.11. The van der Waals surface area contributed by atoms with Crippen LogP contribution in [0, 0.1) is 15.5 Å². The standard InChI is InChI=1S/C15H22N4O4.ClH/c1-15(9-16)5-6-18(10-15)8-14(20)17-12-4-3-11(19(21)22)7-13(12)23-2;/h3-4,7H,5-6,8-10,16H2,1-2H3,(H,17,20);1H. The van der Waals surface area contributed by atoms with E-state index in [-0.39, 0.29) is 41.7 Å². The third-order valence-electron chi connectivity index (χ3n) is 4.17. The number of carbonyl (C=O) groups excluding carboxylic acids is 1. The van der Waals surface area contributed by atoms with E-state index < -0.39 is 4.92 Å². The molecule has 2 rings (SSSR count). The highest BCUT2D eigenvalue weighted by atomic mass is 35.5. The van der Waals surface area contributed by atoms with E-state index in [1.165, 1.54) is 25.3 Å². The van der Waals surface area contributed by atoms with Crippen molar-refractivity contribution in [3.8, 4) is 5.75 Å². The van der Waals surface area contributed by atoms with E-state index in [0.29, 0.717) is 12.2 Å². The molecular formula is C15H23ClN4O4. The van der Waals surface area contributed by atoms with Crippen molar-refractivity contribution in [2.24, 2.45) is 11.1 Å². The van der Waals surface area contributed by atoms with E-state index in [0.717, 1.165) is 19.5 Å². The molecule has 0 radical (unpaired) electrons. The van der Waals surface area contributed by atoms with Crippen LogP contribution in [0.25, 0.3) is 0 Å². The van der Waals surface area contributed by atoms with Crippen molar-refractivity contribution < 1.29 is 14.5 Å². The molecule has 1 aliphatic rings. The summed E-state index contributed by atoms with van der Waals surface area (Å²) in [5, 5.41) is 13.5. The third kappa shape index (κ3) is 4.80. The Labute approximate surface area is 146 Å². The fourth-order valence-corrected chi connectivity index (χ4v) is 2.72. The lowest BCUT2D eigenvalue weighted by Crippen LogP contribution is -2.35. The average Bonchev–Trinajstić information content (AvgIpc) is 2.89. The molecular weight excluding hydrogens is 336 g/mol. The molecule has 8 nitrogen and oxygen atoms in total. The maximum atomic E-state index is 12.2. The van der Waals surface area contributed by atoms with Crippen molar-refractivity contribution in [2.45, 2.75) is 13.3 Å². The summed E-state index contributed by atoms with van der Waals surface area (Å²) in [6.45, 7) is 4.59. The summed E-state index contributed by atoms with van der Waals surface area (Å²) in [4.78, 5) is 24.5. The highest BCUT2D eigenvalue weighted by molar-refractivity contribution is 5.94. The van der Waals surface area contributed by atoms with Gasteiger partial charge in [0.05, 0.1) is 30.3 Å². The molecule has 1 aromatic rings. The first-order chi connectivity index (χ1) is 10.9. The van der Waals surface area contributed by atoms with E-state index in [4.69, 9.17) is 10.5 Å². The van der Waals surface area contributed by atoms with E-state index in [1.54, 1.807) is 0 Å². The molecule has 0 spiro atoms. The Morgan fingerprint density at radius 1 is 1.54 bits per heavy atom. The zero-order valence-corrected chi connectivity index (χ0v) is 14.6. The van der Waals surface area contributed by atoms with Crippen molar-refractivity contribution >= 4 is 29.7 Å². The molecule has 9 heteroatoms. The van der Waals surface area contributed by atoms with Gasteiger partial charge in [-0.2, -0.15) is 0 Å². The van der Waals surface area contributed by atoms with Crippen LogP contribution in [0.2, 0.25) is 0 Å². The van der Waals surface area contributed by atoms with E-state index in [1.807, 2.05) is 0 Å². The molecule has 3 N–H and O–H groups in total. The monoisotopic (exact) mass is 358 g/mol. The van der Waals surface area contributed by atoms with Crippen LogP contribution in [0.3, 0.4) is 0 Å². The summed E-state index contributed by atoms with van der Waals surface area (Å²) in [5.74, 6) is 0.0826. The van der Waals surface area contributed by atoms with Gasteiger partial charge < -0.3 is 15.8 Å². The van der Waals surface area contributed by atoms with Gasteiger partial charge in [-0.15, -0.1) is 12.4 Å². The largest absolute Gasteiger partial charge is 0.494 e. The molecule has 1 fully saturated rings. The lowest BCUT2D eigenvalue weighted by molar-refractivity contribution is -0.384. The van der Waals surface area contributed by atoms with E-state index in [9.17, 15) is 14.9 Å². The summed E-state index contributed by atoms with van der Waals surface area (Å²) >= 11 is 0. The SMILES string of the molecule is COc1cc([N+](=O)[O-])ccc1NC(=O)CN1CCC(C)(CN)C1.Cl. The molecule has 1 aliphatic heterocycles. The topological polar surface area (TPSA) is 111 Å². The number of hydrogen-bond acceptors (Lipinski definition) is 6. The minimum atomic E-state index is -0.508. The number of amides is 1. The van der Waals surface area contributed by atoms with Crippen molar-refractivity contribution in [2.75, 3.05) is 38.6 Å². The van der Waals surface area contributed by atoms with Crippen LogP contribution in [0.1, 0.15) is 13.3 Å². The number of likely N-dealkylation sites (tertiary alicyclic amines) is 1. The van der Waals surface area contributed by atoms with Crippen LogP contribution in [-0.2, 0) is 4.79 Å². The van der Waals surface area contributed by atoms with Gasteiger partial charge in [0.1, 0.15) is 5.75 Å². The quantitative estimate of drug-likeness (QED) is 0.590. The van der Waals surface area contributed by atoms with Gasteiger partial charge in [0, 0.05) is 12.6 Å². The first-order valence-electron chi connectivity index (χ1n) is 7.41. The summed E-state index contributed by atoms with van der Waals surface area (Å²) in [5.41, 5.74) is 6.16. The number of halogens is 1. The number of carbonyl (C=O) groups is 1.